The molecule has 1 aromatic rings. The molecule has 0 saturated heterocycles. The van der Waals surface area contributed by atoms with E-state index < -0.39 is 6.09 Å². The number of ether oxygens (including phenoxy) is 1. The van der Waals surface area contributed by atoms with Crippen molar-refractivity contribution in [2.24, 2.45) is 5.92 Å². The van der Waals surface area contributed by atoms with Gasteiger partial charge in [0.1, 0.15) is 12.0 Å². The molecule has 1 amide bonds. The molecule has 18 heavy (non-hydrogen) atoms. The third-order valence-electron chi connectivity index (χ3n) is 2.64. The van der Waals surface area contributed by atoms with Gasteiger partial charge in [0.2, 0.25) is 0 Å². The van der Waals surface area contributed by atoms with Crippen LogP contribution in [0.25, 0.3) is 0 Å². The summed E-state index contributed by atoms with van der Waals surface area (Å²) in [6, 6.07) is 8.79. The summed E-state index contributed by atoms with van der Waals surface area (Å²) in [5.41, 5.74) is 0.544. The molecule has 0 N–H and O–H groups in total. The van der Waals surface area contributed by atoms with Crippen LogP contribution in [-0.2, 0) is 4.79 Å². The van der Waals surface area contributed by atoms with Crippen LogP contribution in [0, 0.1) is 5.92 Å². The predicted molar refractivity (Wildman–Crippen MR) is 66.8 cm³/mol. The number of carbonyl (C=O) groups is 2. The van der Waals surface area contributed by atoms with Crippen molar-refractivity contribution in [2.75, 3.05) is 0 Å². The summed E-state index contributed by atoms with van der Waals surface area (Å²) in [6.45, 7) is 1.89. The lowest BCUT2D eigenvalue weighted by Gasteiger charge is -2.20. The van der Waals surface area contributed by atoms with Crippen molar-refractivity contribution in [3.63, 3.8) is 0 Å². The molecule has 0 fully saturated rings. The maximum absolute atomic E-state index is 11.8. The molecule has 0 aromatic heterocycles. The van der Waals surface area contributed by atoms with Gasteiger partial charge in [0.25, 0.3) is 0 Å². The van der Waals surface area contributed by atoms with Crippen molar-refractivity contribution in [1.29, 1.82) is 0 Å². The first-order valence-electron chi connectivity index (χ1n) is 5.61. The highest BCUT2D eigenvalue weighted by Gasteiger charge is 2.18. The first kappa shape index (κ1) is 12.1. The summed E-state index contributed by atoms with van der Waals surface area (Å²) in [5.74, 6) is 0.485. The second-order valence-electron chi connectivity index (χ2n) is 3.97. The van der Waals surface area contributed by atoms with Gasteiger partial charge >= 0.3 is 6.09 Å². The fourth-order valence-electron chi connectivity index (χ4n) is 1.55. The molecule has 0 bridgehead atoms. The zero-order chi connectivity index (χ0) is 13.0. The smallest absolute Gasteiger partial charge is 0.410 e. The SMILES string of the molecule is CC1C=CN(C(=O)Oc2ccccc2)C=C1C=O. The third kappa shape index (κ3) is 2.66. The molecule has 1 atom stereocenters. The zero-order valence-corrected chi connectivity index (χ0v) is 9.95. The molecule has 1 aromatic carbocycles. The fourth-order valence-corrected chi connectivity index (χ4v) is 1.55. The van der Waals surface area contributed by atoms with Crippen LogP contribution in [0.15, 0.2) is 54.4 Å². The number of aldehydes is 1. The minimum absolute atomic E-state index is 0.0169. The largest absolute Gasteiger partial charge is 0.423 e. The first-order chi connectivity index (χ1) is 8.70. The first-order valence-corrected chi connectivity index (χ1v) is 5.61. The standard InChI is InChI=1S/C14H13NO3/c1-11-7-8-15(9-12(11)10-16)14(17)18-13-5-3-2-4-6-13/h2-11H,1H3. The van der Waals surface area contributed by atoms with Gasteiger partial charge in [-0.25, -0.2) is 4.79 Å². The van der Waals surface area contributed by atoms with Crippen molar-refractivity contribution < 1.29 is 14.3 Å². The van der Waals surface area contributed by atoms with Gasteiger partial charge < -0.3 is 4.74 Å². The Morgan fingerprint density at radius 3 is 2.72 bits per heavy atom. The van der Waals surface area contributed by atoms with Gasteiger partial charge in [0.05, 0.1) is 0 Å². The average Bonchev–Trinajstić information content (AvgIpc) is 2.40. The Labute approximate surface area is 105 Å². The van der Waals surface area contributed by atoms with E-state index >= 15 is 0 Å². The van der Waals surface area contributed by atoms with E-state index in [1.165, 1.54) is 11.1 Å². The summed E-state index contributed by atoms with van der Waals surface area (Å²) in [7, 11) is 0. The molecule has 0 saturated carbocycles. The highest BCUT2D eigenvalue weighted by molar-refractivity contribution is 5.79. The van der Waals surface area contributed by atoms with Crippen molar-refractivity contribution in [3.8, 4) is 5.75 Å². The van der Waals surface area contributed by atoms with Gasteiger partial charge in [-0.15, -0.1) is 0 Å². The van der Waals surface area contributed by atoms with E-state index in [2.05, 4.69) is 0 Å². The Hall–Kier alpha value is -2.36. The molecular weight excluding hydrogens is 230 g/mol. The number of para-hydroxylation sites is 1. The highest BCUT2D eigenvalue weighted by Crippen LogP contribution is 2.18. The van der Waals surface area contributed by atoms with E-state index in [-0.39, 0.29) is 5.92 Å². The van der Waals surface area contributed by atoms with Crippen LogP contribution < -0.4 is 4.74 Å². The average molecular weight is 243 g/mol. The molecule has 1 unspecified atom stereocenters. The highest BCUT2D eigenvalue weighted by atomic mass is 16.6. The number of rotatable bonds is 2. The van der Waals surface area contributed by atoms with Crippen LogP contribution in [0.1, 0.15) is 6.92 Å². The summed E-state index contributed by atoms with van der Waals surface area (Å²) in [4.78, 5) is 23.9. The number of amides is 1. The number of nitrogens with zero attached hydrogens (tertiary/aromatic N) is 1. The quantitative estimate of drug-likeness (QED) is 0.750. The van der Waals surface area contributed by atoms with E-state index in [4.69, 9.17) is 4.74 Å². The predicted octanol–water partition coefficient (Wildman–Crippen LogP) is 2.73. The number of benzene rings is 1. The minimum Gasteiger partial charge on any atom is -0.410 e. The summed E-state index contributed by atoms with van der Waals surface area (Å²) in [6.07, 6.45) is 5.07. The molecule has 1 aliphatic rings. The lowest BCUT2D eigenvalue weighted by molar-refractivity contribution is -0.105. The Kier molecular flexibility index (Phi) is 3.57. The van der Waals surface area contributed by atoms with Crippen LogP contribution in [-0.4, -0.2) is 17.3 Å². The van der Waals surface area contributed by atoms with Crippen molar-refractivity contribution in [2.45, 2.75) is 6.92 Å². The molecule has 1 heterocycles. The minimum atomic E-state index is -0.538. The van der Waals surface area contributed by atoms with E-state index in [0.29, 0.717) is 11.3 Å². The topological polar surface area (TPSA) is 46.6 Å². The van der Waals surface area contributed by atoms with E-state index in [1.54, 1.807) is 36.5 Å². The Balaban J connectivity index is 2.09. The molecule has 0 radical (unpaired) electrons. The normalized spacial score (nSPS) is 18.2. The second kappa shape index (κ2) is 5.31. The molecule has 4 nitrogen and oxygen atoms in total. The van der Waals surface area contributed by atoms with Crippen LogP contribution in [0.2, 0.25) is 0 Å². The van der Waals surface area contributed by atoms with Crippen molar-refractivity contribution >= 4 is 12.4 Å². The second-order valence-corrected chi connectivity index (χ2v) is 3.97. The molecular formula is C14H13NO3. The van der Waals surface area contributed by atoms with E-state index in [0.717, 1.165) is 6.29 Å². The number of hydrogen-bond acceptors (Lipinski definition) is 3. The van der Waals surface area contributed by atoms with E-state index in [9.17, 15) is 9.59 Å². The monoisotopic (exact) mass is 243 g/mol. The molecule has 0 spiro atoms. The van der Waals surface area contributed by atoms with Crippen LogP contribution >= 0.6 is 0 Å². The number of hydrogen-bond donors (Lipinski definition) is 0. The molecule has 92 valence electrons. The Morgan fingerprint density at radius 1 is 1.33 bits per heavy atom. The van der Waals surface area contributed by atoms with Crippen molar-refractivity contribution in [3.05, 3.63) is 54.4 Å². The van der Waals surface area contributed by atoms with Crippen molar-refractivity contribution in [1.82, 2.24) is 4.90 Å². The van der Waals surface area contributed by atoms with Gasteiger partial charge in [0.15, 0.2) is 0 Å². The third-order valence-corrected chi connectivity index (χ3v) is 2.64. The van der Waals surface area contributed by atoms with Gasteiger partial charge in [-0.05, 0) is 12.1 Å². The van der Waals surface area contributed by atoms with Gasteiger partial charge in [-0.3, -0.25) is 9.69 Å². The summed E-state index contributed by atoms with van der Waals surface area (Å²) < 4.78 is 5.16. The van der Waals surface area contributed by atoms with Crippen LogP contribution in [0.3, 0.4) is 0 Å². The summed E-state index contributed by atoms with van der Waals surface area (Å²) in [5, 5.41) is 0. The Bertz CT molecular complexity index is 505. The number of carbonyl (C=O) groups excluding carboxylic acids is 2. The molecule has 2 rings (SSSR count). The van der Waals surface area contributed by atoms with Crippen LogP contribution in [0.5, 0.6) is 5.75 Å². The Morgan fingerprint density at radius 2 is 2.06 bits per heavy atom. The fraction of sp³-hybridized carbons (Fsp3) is 0.143. The van der Waals surface area contributed by atoms with E-state index in [1.807, 2.05) is 13.0 Å². The maximum atomic E-state index is 11.8. The maximum Gasteiger partial charge on any atom is 0.423 e. The van der Waals surface area contributed by atoms with Gasteiger partial charge in [-0.1, -0.05) is 31.2 Å². The lowest BCUT2D eigenvalue weighted by Crippen LogP contribution is -2.27. The zero-order valence-electron chi connectivity index (χ0n) is 9.95. The summed E-state index contributed by atoms with van der Waals surface area (Å²) >= 11 is 0. The number of allylic oxidation sites excluding steroid dienone is 2. The molecule has 1 aliphatic heterocycles. The molecule has 0 aliphatic carbocycles. The van der Waals surface area contributed by atoms with Gasteiger partial charge in [0, 0.05) is 23.9 Å². The van der Waals surface area contributed by atoms with Crippen LogP contribution in [0.4, 0.5) is 4.79 Å². The lowest BCUT2D eigenvalue weighted by atomic mass is 10.0. The molecule has 4 heteroatoms. The van der Waals surface area contributed by atoms with Gasteiger partial charge in [-0.2, -0.15) is 0 Å².